The van der Waals surface area contributed by atoms with Gasteiger partial charge >= 0.3 is 0 Å². The van der Waals surface area contributed by atoms with Gasteiger partial charge in [0.2, 0.25) is 5.28 Å². The van der Waals surface area contributed by atoms with Crippen LogP contribution in [0.15, 0.2) is 47.4 Å². The van der Waals surface area contributed by atoms with Gasteiger partial charge in [-0.05, 0) is 41.0 Å². The molecule has 0 N–H and O–H groups in total. The van der Waals surface area contributed by atoms with Crippen LogP contribution in [0.1, 0.15) is 5.56 Å². The van der Waals surface area contributed by atoms with Crippen LogP contribution < -0.4 is 0 Å². The molecular weight excluding hydrogens is 318 g/mol. The number of halogens is 1. The highest BCUT2D eigenvalue weighted by molar-refractivity contribution is 7.90. The van der Waals surface area contributed by atoms with Crippen LogP contribution in [0.5, 0.6) is 0 Å². The Morgan fingerprint density at radius 3 is 2.64 bits per heavy atom. The minimum Gasteiger partial charge on any atom is -0.612 e. The fourth-order valence-electron chi connectivity index (χ4n) is 2.33. The lowest BCUT2D eigenvalue weighted by atomic mass is 10.0. The van der Waals surface area contributed by atoms with Crippen molar-refractivity contribution in [3.63, 3.8) is 0 Å². The third-order valence-corrected chi connectivity index (χ3v) is 4.42. The molecule has 6 heteroatoms. The van der Waals surface area contributed by atoms with Crippen molar-refractivity contribution >= 4 is 33.7 Å². The molecule has 4 nitrogen and oxygen atoms in total. The normalized spacial score (nSPS) is 12.1. The average Bonchev–Trinajstić information content (AvgIpc) is 2.53. The molecule has 2 aromatic carbocycles. The fourth-order valence-corrected chi connectivity index (χ4v) is 3.25. The van der Waals surface area contributed by atoms with E-state index in [1.165, 1.54) is 0 Å². The Labute approximate surface area is 135 Å². The van der Waals surface area contributed by atoms with Crippen LogP contribution in [0.2, 0.25) is 5.28 Å². The Bertz CT molecular complexity index is 906. The van der Waals surface area contributed by atoms with E-state index >= 15 is 0 Å². The Morgan fingerprint density at radius 1 is 1.14 bits per heavy atom. The van der Waals surface area contributed by atoms with Crippen LogP contribution in [0.25, 0.3) is 22.2 Å². The molecule has 1 aromatic heterocycles. The van der Waals surface area contributed by atoms with Gasteiger partial charge in [0.15, 0.2) is 4.90 Å². The maximum Gasteiger partial charge on any atom is 0.223 e. The molecule has 0 radical (unpaired) electrons. The van der Waals surface area contributed by atoms with E-state index in [2.05, 4.69) is 16.0 Å². The van der Waals surface area contributed by atoms with Crippen molar-refractivity contribution in [1.82, 2.24) is 9.97 Å². The fraction of sp³-hybridized carbons (Fsp3) is 0.0625. The highest BCUT2D eigenvalue weighted by Crippen LogP contribution is 2.32. The van der Waals surface area contributed by atoms with E-state index in [1.54, 1.807) is 24.5 Å². The van der Waals surface area contributed by atoms with Gasteiger partial charge in [-0.2, -0.15) is 5.26 Å². The lowest BCUT2D eigenvalue weighted by Crippen LogP contribution is -2.02. The molecule has 1 unspecified atom stereocenters. The molecule has 108 valence electrons. The minimum absolute atomic E-state index is 0.0573. The van der Waals surface area contributed by atoms with Gasteiger partial charge < -0.3 is 4.55 Å². The van der Waals surface area contributed by atoms with Crippen LogP contribution in [0.4, 0.5) is 0 Å². The average molecular weight is 328 g/mol. The lowest BCUT2D eigenvalue weighted by Gasteiger charge is -2.12. The second kappa shape index (κ2) is 5.93. The van der Waals surface area contributed by atoms with Gasteiger partial charge in [0, 0.05) is 5.39 Å². The van der Waals surface area contributed by atoms with Gasteiger partial charge in [0.25, 0.3) is 0 Å². The van der Waals surface area contributed by atoms with Crippen LogP contribution >= 0.6 is 11.6 Å². The predicted molar refractivity (Wildman–Crippen MR) is 87.0 cm³/mol. The van der Waals surface area contributed by atoms with Crippen molar-refractivity contribution in [3.05, 3.63) is 53.3 Å². The third kappa shape index (κ3) is 2.53. The van der Waals surface area contributed by atoms with Crippen molar-refractivity contribution in [2.45, 2.75) is 4.90 Å². The summed E-state index contributed by atoms with van der Waals surface area (Å²) in [6.45, 7) is 0. The first-order chi connectivity index (χ1) is 10.6. The summed E-state index contributed by atoms with van der Waals surface area (Å²) < 4.78 is 12.0. The molecule has 1 heterocycles. The summed E-state index contributed by atoms with van der Waals surface area (Å²) in [5.41, 5.74) is 2.24. The van der Waals surface area contributed by atoms with Gasteiger partial charge in [-0.3, -0.25) is 0 Å². The number of hydrogen-bond acceptors (Lipinski definition) is 4. The second-order valence-electron chi connectivity index (χ2n) is 4.61. The monoisotopic (exact) mass is 327 g/mol. The number of fused-ring (bicyclic) bond motifs is 1. The quantitative estimate of drug-likeness (QED) is 0.533. The van der Waals surface area contributed by atoms with E-state index < -0.39 is 11.2 Å². The highest BCUT2D eigenvalue weighted by Gasteiger charge is 2.18. The van der Waals surface area contributed by atoms with E-state index in [9.17, 15) is 9.81 Å². The van der Waals surface area contributed by atoms with Crippen LogP contribution in [-0.2, 0) is 11.2 Å². The SMILES string of the molecule is C[S+]([O-])c1ccccc1-c1nc(Cl)nc2c(C#N)cccc12. The van der Waals surface area contributed by atoms with Gasteiger partial charge in [-0.1, -0.05) is 24.3 Å². The number of para-hydroxylation sites is 1. The lowest BCUT2D eigenvalue weighted by molar-refractivity contribution is 0.601. The van der Waals surface area contributed by atoms with Crippen LogP contribution in [0, 0.1) is 11.3 Å². The zero-order valence-corrected chi connectivity index (χ0v) is 13.1. The predicted octanol–water partition coefficient (Wildman–Crippen LogP) is 3.56. The highest BCUT2D eigenvalue weighted by atomic mass is 35.5. The van der Waals surface area contributed by atoms with Crippen molar-refractivity contribution in [2.75, 3.05) is 6.26 Å². The Balaban J connectivity index is 2.40. The molecule has 3 rings (SSSR count). The van der Waals surface area contributed by atoms with Crippen molar-refractivity contribution in [2.24, 2.45) is 0 Å². The summed E-state index contributed by atoms with van der Waals surface area (Å²) in [4.78, 5) is 9.13. The molecule has 0 spiro atoms. The first-order valence-corrected chi connectivity index (χ1v) is 8.34. The van der Waals surface area contributed by atoms with E-state index in [1.807, 2.05) is 24.3 Å². The summed E-state index contributed by atoms with van der Waals surface area (Å²) in [6.07, 6.45) is 1.62. The number of benzene rings is 2. The van der Waals surface area contributed by atoms with Gasteiger partial charge in [-0.15, -0.1) is 0 Å². The molecule has 0 amide bonds. The summed E-state index contributed by atoms with van der Waals surface area (Å²) in [6, 6.07) is 14.7. The zero-order chi connectivity index (χ0) is 15.7. The molecule has 0 aliphatic rings. The molecular formula is C16H10ClN3OS. The Morgan fingerprint density at radius 2 is 1.91 bits per heavy atom. The first kappa shape index (κ1) is 14.8. The zero-order valence-electron chi connectivity index (χ0n) is 11.6. The summed E-state index contributed by atoms with van der Waals surface area (Å²) in [7, 11) is 0. The van der Waals surface area contributed by atoms with Crippen LogP contribution in [-0.4, -0.2) is 20.8 Å². The van der Waals surface area contributed by atoms with Gasteiger partial charge in [0.1, 0.15) is 12.3 Å². The minimum atomic E-state index is -1.17. The third-order valence-electron chi connectivity index (χ3n) is 3.27. The standard InChI is InChI=1S/C16H10ClN3OS/c1-22(21)13-8-3-2-6-11(13)15-12-7-4-5-10(9-18)14(12)19-16(17)20-15/h2-8H,1H3. The van der Waals surface area contributed by atoms with Crippen LogP contribution in [0.3, 0.4) is 0 Å². The number of nitrogens with zero attached hydrogens (tertiary/aromatic N) is 3. The summed E-state index contributed by atoms with van der Waals surface area (Å²) in [5.74, 6) is 0. The number of nitriles is 1. The molecule has 0 aliphatic carbocycles. The number of rotatable bonds is 2. The van der Waals surface area contributed by atoms with E-state index in [0.29, 0.717) is 27.1 Å². The maximum absolute atomic E-state index is 12.0. The largest absolute Gasteiger partial charge is 0.612 e. The Kier molecular flexibility index (Phi) is 3.99. The number of hydrogen-bond donors (Lipinski definition) is 0. The van der Waals surface area contributed by atoms with Crippen molar-refractivity contribution in [3.8, 4) is 17.3 Å². The molecule has 0 bridgehead atoms. The molecule has 0 saturated carbocycles. The second-order valence-corrected chi connectivity index (χ2v) is 6.29. The first-order valence-electron chi connectivity index (χ1n) is 6.41. The van der Waals surface area contributed by atoms with Gasteiger partial charge in [-0.25, -0.2) is 9.97 Å². The Hall–Kier alpha value is -2.13. The number of aromatic nitrogens is 2. The summed E-state index contributed by atoms with van der Waals surface area (Å²) in [5, 5.41) is 10.00. The van der Waals surface area contributed by atoms with Gasteiger partial charge in [0.05, 0.1) is 22.3 Å². The van der Waals surface area contributed by atoms with Crippen molar-refractivity contribution in [1.29, 1.82) is 5.26 Å². The van der Waals surface area contributed by atoms with E-state index in [4.69, 9.17) is 11.6 Å². The molecule has 0 saturated heterocycles. The molecule has 0 fully saturated rings. The topological polar surface area (TPSA) is 72.6 Å². The molecule has 22 heavy (non-hydrogen) atoms. The summed E-state index contributed by atoms with van der Waals surface area (Å²) >= 11 is 4.86. The molecule has 3 aromatic rings. The maximum atomic E-state index is 12.0. The van der Waals surface area contributed by atoms with Crippen molar-refractivity contribution < 1.29 is 4.55 Å². The molecule has 1 atom stereocenters. The van der Waals surface area contributed by atoms with E-state index in [0.717, 1.165) is 5.56 Å². The molecule has 0 aliphatic heterocycles. The van der Waals surface area contributed by atoms with E-state index in [-0.39, 0.29) is 5.28 Å². The smallest absolute Gasteiger partial charge is 0.223 e.